The zero-order chi connectivity index (χ0) is 22.9. The average Bonchev–Trinajstić information content (AvgIpc) is 3.32. The van der Waals surface area contributed by atoms with E-state index in [-0.39, 0.29) is 0 Å². The van der Waals surface area contributed by atoms with Crippen molar-refractivity contribution in [3.63, 3.8) is 0 Å². The van der Waals surface area contributed by atoms with Gasteiger partial charge in [-0.25, -0.2) is 4.79 Å². The number of amides is 1. The summed E-state index contributed by atoms with van der Waals surface area (Å²) in [6.07, 6.45) is -0.446. The van der Waals surface area contributed by atoms with Gasteiger partial charge in [-0.05, 0) is 48.4 Å². The zero-order valence-electron chi connectivity index (χ0n) is 18.1. The molecule has 168 valence electrons. The predicted octanol–water partition coefficient (Wildman–Crippen LogP) is 6.68. The maximum absolute atomic E-state index is 11.9. The molecular formula is C25H23N3O3S2. The maximum atomic E-state index is 11.9. The molecule has 3 aromatic carbocycles. The fraction of sp³-hybridized carbons (Fsp3) is 0.160. The summed E-state index contributed by atoms with van der Waals surface area (Å²) in [4.78, 5) is 13.1. The van der Waals surface area contributed by atoms with Gasteiger partial charge in [-0.2, -0.15) is 0 Å². The van der Waals surface area contributed by atoms with Crippen LogP contribution in [0.4, 0.5) is 10.5 Å². The van der Waals surface area contributed by atoms with Crippen molar-refractivity contribution >= 4 is 35.3 Å². The number of carbonyl (C=O) groups excluding carboxylic acids is 1. The highest BCUT2D eigenvalue weighted by atomic mass is 32.2. The number of nitrogens with one attached hydrogen (secondary N) is 1. The van der Waals surface area contributed by atoms with E-state index in [9.17, 15) is 4.79 Å². The third-order valence-corrected chi connectivity index (χ3v) is 6.76. The standard InChI is InChI=1S/C25H23N3O3S2/c1-18-20(17-33-25-28-27-23(31-25)19-9-4-2-5-10-19)11-8-14-22(18)32-16-15-30-24(29)26-21-12-6-3-7-13-21/h2-14H,15-17H2,1H3,(H,26,29). The molecular weight excluding hydrogens is 454 g/mol. The van der Waals surface area contributed by atoms with Crippen molar-refractivity contribution in [1.82, 2.24) is 10.2 Å². The van der Waals surface area contributed by atoms with Crippen molar-refractivity contribution < 1.29 is 13.9 Å². The Hall–Kier alpha value is -3.23. The summed E-state index contributed by atoms with van der Waals surface area (Å²) in [6.45, 7) is 2.43. The zero-order valence-corrected chi connectivity index (χ0v) is 19.7. The van der Waals surface area contributed by atoms with Crippen LogP contribution in [0.3, 0.4) is 0 Å². The second-order valence-electron chi connectivity index (χ2n) is 7.04. The monoisotopic (exact) mass is 477 g/mol. The van der Waals surface area contributed by atoms with Gasteiger partial charge in [0.25, 0.3) is 5.22 Å². The summed E-state index contributed by atoms with van der Waals surface area (Å²) in [7, 11) is 0. The molecule has 4 aromatic rings. The summed E-state index contributed by atoms with van der Waals surface area (Å²) in [5.41, 5.74) is 4.03. The van der Waals surface area contributed by atoms with Crippen LogP contribution in [-0.2, 0) is 10.5 Å². The molecule has 1 heterocycles. The van der Waals surface area contributed by atoms with E-state index in [0.29, 0.717) is 29.2 Å². The van der Waals surface area contributed by atoms with E-state index in [0.717, 1.165) is 16.2 Å². The van der Waals surface area contributed by atoms with Crippen molar-refractivity contribution in [2.24, 2.45) is 0 Å². The third-order valence-electron chi connectivity index (χ3n) is 4.77. The summed E-state index contributed by atoms with van der Waals surface area (Å²) in [6, 6.07) is 25.2. The minimum Gasteiger partial charge on any atom is -0.448 e. The van der Waals surface area contributed by atoms with Gasteiger partial charge in [0.15, 0.2) is 0 Å². The van der Waals surface area contributed by atoms with Crippen LogP contribution in [0.25, 0.3) is 11.5 Å². The van der Waals surface area contributed by atoms with E-state index in [1.165, 1.54) is 22.9 Å². The topological polar surface area (TPSA) is 77.2 Å². The van der Waals surface area contributed by atoms with Crippen LogP contribution in [0, 0.1) is 6.92 Å². The first-order valence-electron chi connectivity index (χ1n) is 10.4. The smallest absolute Gasteiger partial charge is 0.411 e. The van der Waals surface area contributed by atoms with Gasteiger partial charge in [0, 0.05) is 27.7 Å². The molecule has 4 rings (SSSR count). The van der Waals surface area contributed by atoms with Crippen molar-refractivity contribution in [2.75, 3.05) is 17.7 Å². The van der Waals surface area contributed by atoms with Crippen LogP contribution in [0.15, 0.2) is 93.4 Å². The highest BCUT2D eigenvalue weighted by Crippen LogP contribution is 2.30. The summed E-state index contributed by atoms with van der Waals surface area (Å²) >= 11 is 3.18. The molecule has 1 N–H and O–H groups in total. The Morgan fingerprint density at radius 3 is 2.48 bits per heavy atom. The molecule has 0 unspecified atom stereocenters. The van der Waals surface area contributed by atoms with Crippen molar-refractivity contribution in [1.29, 1.82) is 0 Å². The summed E-state index contributed by atoms with van der Waals surface area (Å²) in [5.74, 6) is 1.92. The third kappa shape index (κ3) is 6.63. The van der Waals surface area contributed by atoms with Crippen molar-refractivity contribution in [3.05, 3.63) is 90.0 Å². The van der Waals surface area contributed by atoms with Gasteiger partial charge >= 0.3 is 6.09 Å². The highest BCUT2D eigenvalue weighted by Gasteiger charge is 2.11. The number of para-hydroxylation sites is 1. The summed E-state index contributed by atoms with van der Waals surface area (Å²) < 4.78 is 11.1. The Kier molecular flexibility index (Phi) is 8.05. The molecule has 0 saturated heterocycles. The van der Waals surface area contributed by atoms with E-state index in [1.54, 1.807) is 11.8 Å². The van der Waals surface area contributed by atoms with E-state index in [4.69, 9.17) is 9.15 Å². The van der Waals surface area contributed by atoms with Gasteiger partial charge in [-0.15, -0.1) is 22.0 Å². The lowest BCUT2D eigenvalue weighted by atomic mass is 10.1. The lowest BCUT2D eigenvalue weighted by molar-refractivity contribution is 0.169. The molecule has 0 atom stereocenters. The van der Waals surface area contributed by atoms with Crippen LogP contribution in [0.5, 0.6) is 0 Å². The van der Waals surface area contributed by atoms with Gasteiger partial charge in [0.2, 0.25) is 5.89 Å². The minimum atomic E-state index is -0.446. The first-order chi connectivity index (χ1) is 16.2. The van der Waals surface area contributed by atoms with Crippen molar-refractivity contribution in [3.8, 4) is 11.5 Å². The molecule has 0 aliphatic rings. The molecule has 0 bridgehead atoms. The predicted molar refractivity (Wildman–Crippen MR) is 133 cm³/mol. The van der Waals surface area contributed by atoms with E-state index in [1.807, 2.05) is 66.7 Å². The normalized spacial score (nSPS) is 10.7. The first kappa shape index (κ1) is 22.9. The van der Waals surface area contributed by atoms with Gasteiger partial charge in [-0.3, -0.25) is 5.32 Å². The van der Waals surface area contributed by atoms with Crippen molar-refractivity contribution in [2.45, 2.75) is 22.8 Å². The lowest BCUT2D eigenvalue weighted by Crippen LogP contribution is -2.15. The number of rotatable bonds is 9. The number of ether oxygens (including phenoxy) is 1. The molecule has 0 fully saturated rings. The quantitative estimate of drug-likeness (QED) is 0.213. The number of aromatic nitrogens is 2. The molecule has 0 aliphatic heterocycles. The molecule has 8 heteroatoms. The largest absolute Gasteiger partial charge is 0.448 e. The SMILES string of the molecule is Cc1c(CSc2nnc(-c3ccccc3)o2)cccc1SCCOC(=O)Nc1ccccc1. The fourth-order valence-corrected chi connectivity index (χ4v) is 4.78. The van der Waals surface area contributed by atoms with Crippen LogP contribution >= 0.6 is 23.5 Å². The Morgan fingerprint density at radius 2 is 1.70 bits per heavy atom. The highest BCUT2D eigenvalue weighted by molar-refractivity contribution is 7.99. The van der Waals surface area contributed by atoms with E-state index >= 15 is 0 Å². The molecule has 0 aliphatic carbocycles. The lowest BCUT2D eigenvalue weighted by Gasteiger charge is -2.11. The number of anilines is 1. The molecule has 1 aromatic heterocycles. The number of nitrogens with zero attached hydrogens (tertiary/aromatic N) is 2. The minimum absolute atomic E-state index is 0.325. The average molecular weight is 478 g/mol. The fourth-order valence-electron chi connectivity index (χ4n) is 3.04. The van der Waals surface area contributed by atoms with Crippen LogP contribution in [0.2, 0.25) is 0 Å². The van der Waals surface area contributed by atoms with Gasteiger partial charge < -0.3 is 9.15 Å². The molecule has 1 amide bonds. The Bertz CT molecular complexity index is 1180. The first-order valence-corrected chi connectivity index (χ1v) is 12.4. The second-order valence-corrected chi connectivity index (χ2v) is 9.11. The molecule has 0 spiro atoms. The van der Waals surface area contributed by atoms with Crippen LogP contribution < -0.4 is 5.32 Å². The number of hydrogen-bond donors (Lipinski definition) is 1. The van der Waals surface area contributed by atoms with Gasteiger partial charge in [0.1, 0.15) is 6.61 Å². The molecule has 6 nitrogen and oxygen atoms in total. The number of thioether (sulfide) groups is 2. The Labute approximate surface area is 201 Å². The number of hydrogen-bond acceptors (Lipinski definition) is 7. The molecule has 33 heavy (non-hydrogen) atoms. The number of carbonyl (C=O) groups is 1. The van der Waals surface area contributed by atoms with Gasteiger partial charge in [0.05, 0.1) is 0 Å². The van der Waals surface area contributed by atoms with Crippen LogP contribution in [-0.4, -0.2) is 28.7 Å². The molecule has 0 radical (unpaired) electrons. The maximum Gasteiger partial charge on any atom is 0.411 e. The second kappa shape index (κ2) is 11.6. The number of benzene rings is 3. The summed E-state index contributed by atoms with van der Waals surface area (Å²) in [5, 5.41) is 11.6. The van der Waals surface area contributed by atoms with Crippen LogP contribution in [0.1, 0.15) is 11.1 Å². The van der Waals surface area contributed by atoms with E-state index < -0.39 is 6.09 Å². The molecule has 0 saturated carbocycles. The van der Waals surface area contributed by atoms with E-state index in [2.05, 4.69) is 34.6 Å². The Morgan fingerprint density at radius 1 is 0.939 bits per heavy atom. The Balaban J connectivity index is 1.25. The van der Waals surface area contributed by atoms with Gasteiger partial charge in [-0.1, -0.05) is 60.3 Å².